The fourth-order valence-electron chi connectivity index (χ4n) is 3.32. The minimum Gasteiger partial charge on any atom is -0.441 e. The second-order valence-electron chi connectivity index (χ2n) is 7.46. The van der Waals surface area contributed by atoms with Gasteiger partial charge in [-0.1, -0.05) is 0 Å². The number of aromatic nitrogens is 3. The van der Waals surface area contributed by atoms with Crippen LogP contribution in [0.5, 0.6) is 0 Å². The summed E-state index contributed by atoms with van der Waals surface area (Å²) >= 11 is 0. The Hall–Kier alpha value is -3.06. The molecular weight excluding hydrogens is 374 g/mol. The highest BCUT2D eigenvalue weighted by atomic mass is 19.1. The molecule has 29 heavy (non-hydrogen) atoms. The number of rotatable bonds is 5. The number of halogens is 2. The molecule has 0 aliphatic heterocycles. The lowest BCUT2D eigenvalue weighted by atomic mass is 10.1. The zero-order valence-corrected chi connectivity index (χ0v) is 16.8. The Morgan fingerprint density at radius 3 is 2.55 bits per heavy atom. The molecule has 0 saturated heterocycles. The van der Waals surface area contributed by atoms with Crippen LogP contribution in [0.3, 0.4) is 0 Å². The zero-order valence-electron chi connectivity index (χ0n) is 16.8. The van der Waals surface area contributed by atoms with E-state index >= 15 is 0 Å². The first-order valence-corrected chi connectivity index (χ1v) is 9.36. The second kappa shape index (κ2) is 7.40. The van der Waals surface area contributed by atoms with E-state index in [9.17, 15) is 8.78 Å². The smallest absolute Gasteiger partial charge is 0.229 e. The Labute approximate surface area is 167 Å². The summed E-state index contributed by atoms with van der Waals surface area (Å²) in [6, 6.07) is 7.40. The third-order valence-electron chi connectivity index (χ3n) is 5.04. The van der Waals surface area contributed by atoms with Crippen LogP contribution in [0.1, 0.15) is 28.4 Å². The van der Waals surface area contributed by atoms with Gasteiger partial charge in [-0.3, -0.25) is 4.90 Å². The Bertz CT molecular complexity index is 1160. The van der Waals surface area contributed by atoms with Gasteiger partial charge in [0.05, 0.1) is 28.8 Å². The average molecular weight is 396 g/mol. The molecule has 0 amide bonds. The van der Waals surface area contributed by atoms with Gasteiger partial charge < -0.3 is 9.40 Å². The van der Waals surface area contributed by atoms with Crippen LogP contribution in [-0.4, -0.2) is 26.9 Å². The van der Waals surface area contributed by atoms with Crippen molar-refractivity contribution in [2.24, 2.45) is 0 Å². The summed E-state index contributed by atoms with van der Waals surface area (Å²) in [6.45, 7) is 6.99. The summed E-state index contributed by atoms with van der Waals surface area (Å²) in [4.78, 5) is 14.4. The van der Waals surface area contributed by atoms with Gasteiger partial charge in [-0.05, 0) is 69.3 Å². The molecule has 0 spiro atoms. The predicted octanol–water partition coefficient (Wildman–Crippen LogP) is 5.05. The third kappa shape index (κ3) is 3.91. The summed E-state index contributed by atoms with van der Waals surface area (Å²) in [5.41, 5.74) is 5.07. The number of hydrogen-bond donors (Lipinski definition) is 1. The molecule has 5 nitrogen and oxygen atoms in total. The molecule has 0 fully saturated rings. The van der Waals surface area contributed by atoms with Gasteiger partial charge in [0, 0.05) is 6.54 Å². The number of imidazole rings is 1. The minimum atomic E-state index is -0.569. The molecule has 2 aromatic heterocycles. The highest BCUT2D eigenvalue weighted by Gasteiger charge is 2.17. The van der Waals surface area contributed by atoms with Crippen LogP contribution in [0.25, 0.3) is 22.5 Å². The quantitative estimate of drug-likeness (QED) is 0.513. The molecule has 0 bridgehead atoms. The van der Waals surface area contributed by atoms with E-state index in [0.29, 0.717) is 24.5 Å². The van der Waals surface area contributed by atoms with E-state index in [0.717, 1.165) is 35.1 Å². The van der Waals surface area contributed by atoms with Crippen molar-refractivity contribution in [1.29, 1.82) is 0 Å². The van der Waals surface area contributed by atoms with Crippen molar-refractivity contribution in [3.05, 3.63) is 70.4 Å². The number of H-pyrrole nitrogens is 1. The number of hydrogen-bond acceptors (Lipinski definition) is 4. The standard InChI is InChI=1S/C22H22F2N4O/c1-12-7-18-19(8-13(12)2)26-21(25-18)11-28(4)10-20-14(3)29-22(27-20)16-9-15(23)5-6-17(16)24/h5-9H,10-11H2,1-4H3,(H,25,26). The van der Waals surface area contributed by atoms with Crippen LogP contribution >= 0.6 is 0 Å². The number of fused-ring (bicyclic) bond motifs is 1. The summed E-state index contributed by atoms with van der Waals surface area (Å²) in [5, 5.41) is 0. The van der Waals surface area contributed by atoms with Gasteiger partial charge in [0.25, 0.3) is 0 Å². The Balaban J connectivity index is 1.52. The van der Waals surface area contributed by atoms with Crippen LogP contribution < -0.4 is 0 Å². The second-order valence-corrected chi connectivity index (χ2v) is 7.46. The van der Waals surface area contributed by atoms with Crippen molar-refractivity contribution in [3.63, 3.8) is 0 Å². The fraction of sp³-hybridized carbons (Fsp3) is 0.273. The lowest BCUT2D eigenvalue weighted by Crippen LogP contribution is -2.18. The summed E-state index contributed by atoms with van der Waals surface area (Å²) < 4.78 is 33.1. The number of aromatic amines is 1. The highest BCUT2D eigenvalue weighted by molar-refractivity contribution is 5.77. The molecule has 1 N–H and O–H groups in total. The van der Waals surface area contributed by atoms with Crippen LogP contribution in [0.2, 0.25) is 0 Å². The molecule has 4 aromatic rings. The van der Waals surface area contributed by atoms with Crippen LogP contribution in [0.4, 0.5) is 8.78 Å². The molecular formula is C22H22F2N4O. The molecule has 150 valence electrons. The fourth-order valence-corrected chi connectivity index (χ4v) is 3.32. The first-order valence-electron chi connectivity index (χ1n) is 9.36. The largest absolute Gasteiger partial charge is 0.441 e. The Morgan fingerprint density at radius 2 is 1.76 bits per heavy atom. The summed E-state index contributed by atoms with van der Waals surface area (Å²) in [5.74, 6) is 0.403. The van der Waals surface area contributed by atoms with Gasteiger partial charge in [-0.15, -0.1) is 0 Å². The first-order chi connectivity index (χ1) is 13.8. The van der Waals surface area contributed by atoms with Gasteiger partial charge in [0.15, 0.2) is 0 Å². The van der Waals surface area contributed by atoms with Gasteiger partial charge in [0.1, 0.15) is 23.2 Å². The zero-order chi connectivity index (χ0) is 20.7. The van der Waals surface area contributed by atoms with Crippen LogP contribution in [-0.2, 0) is 13.1 Å². The third-order valence-corrected chi connectivity index (χ3v) is 5.04. The summed E-state index contributed by atoms with van der Waals surface area (Å²) in [6.07, 6.45) is 0. The predicted molar refractivity (Wildman–Crippen MR) is 107 cm³/mol. The van der Waals surface area contributed by atoms with E-state index in [1.807, 2.05) is 11.9 Å². The number of oxazole rings is 1. The van der Waals surface area contributed by atoms with Crippen molar-refractivity contribution in [2.75, 3.05) is 7.05 Å². The van der Waals surface area contributed by atoms with E-state index in [2.05, 4.69) is 40.9 Å². The summed E-state index contributed by atoms with van der Waals surface area (Å²) in [7, 11) is 1.94. The molecule has 0 radical (unpaired) electrons. The van der Waals surface area contributed by atoms with Gasteiger partial charge in [-0.25, -0.2) is 18.7 Å². The normalized spacial score (nSPS) is 11.7. The maximum atomic E-state index is 14.0. The topological polar surface area (TPSA) is 58.0 Å². The molecule has 0 unspecified atom stereocenters. The van der Waals surface area contributed by atoms with Crippen molar-refractivity contribution in [3.8, 4) is 11.5 Å². The van der Waals surface area contributed by atoms with Crippen LogP contribution in [0.15, 0.2) is 34.7 Å². The first kappa shape index (κ1) is 19.3. The number of aryl methyl sites for hydroxylation is 3. The lowest BCUT2D eigenvalue weighted by Gasteiger charge is -2.13. The molecule has 0 aliphatic rings. The van der Waals surface area contributed by atoms with Crippen molar-refractivity contribution < 1.29 is 13.2 Å². The molecule has 2 heterocycles. The molecule has 7 heteroatoms. The molecule has 0 atom stereocenters. The van der Waals surface area contributed by atoms with E-state index in [1.54, 1.807) is 6.92 Å². The lowest BCUT2D eigenvalue weighted by molar-refractivity contribution is 0.306. The SMILES string of the molecule is Cc1cc2nc(CN(C)Cc3nc(-c4cc(F)ccc4F)oc3C)[nH]c2cc1C. The number of nitrogens with zero attached hydrogens (tertiary/aromatic N) is 3. The van der Waals surface area contributed by atoms with E-state index < -0.39 is 11.6 Å². The molecule has 4 rings (SSSR count). The molecule has 2 aromatic carbocycles. The Kier molecular flexibility index (Phi) is 4.92. The van der Waals surface area contributed by atoms with E-state index in [-0.39, 0.29) is 11.5 Å². The maximum Gasteiger partial charge on any atom is 0.229 e. The van der Waals surface area contributed by atoms with Crippen molar-refractivity contribution in [1.82, 2.24) is 19.9 Å². The van der Waals surface area contributed by atoms with E-state index in [1.165, 1.54) is 11.1 Å². The van der Waals surface area contributed by atoms with Crippen LogP contribution in [0, 0.1) is 32.4 Å². The molecule has 0 aliphatic carbocycles. The van der Waals surface area contributed by atoms with Gasteiger partial charge in [0.2, 0.25) is 5.89 Å². The molecule has 0 saturated carbocycles. The highest BCUT2D eigenvalue weighted by Crippen LogP contribution is 2.26. The van der Waals surface area contributed by atoms with Gasteiger partial charge in [-0.2, -0.15) is 0 Å². The Morgan fingerprint density at radius 1 is 1.00 bits per heavy atom. The number of nitrogens with one attached hydrogen (secondary N) is 1. The average Bonchev–Trinajstić information content (AvgIpc) is 3.20. The van der Waals surface area contributed by atoms with Crippen molar-refractivity contribution in [2.45, 2.75) is 33.9 Å². The van der Waals surface area contributed by atoms with E-state index in [4.69, 9.17) is 4.42 Å². The number of benzene rings is 2. The maximum absolute atomic E-state index is 14.0. The monoisotopic (exact) mass is 396 g/mol. The minimum absolute atomic E-state index is 0.0185. The van der Waals surface area contributed by atoms with Gasteiger partial charge >= 0.3 is 0 Å². The van der Waals surface area contributed by atoms with Crippen molar-refractivity contribution >= 4 is 11.0 Å².